The van der Waals surface area contributed by atoms with Gasteiger partial charge in [-0.15, -0.1) is 0 Å². The van der Waals surface area contributed by atoms with Crippen LogP contribution in [0.4, 0.5) is 0 Å². The van der Waals surface area contributed by atoms with Gasteiger partial charge in [0.15, 0.2) is 0 Å². The number of pyridine rings is 1. The van der Waals surface area contributed by atoms with Crippen LogP contribution in [-0.4, -0.2) is 10.7 Å². The first-order valence-corrected chi connectivity index (χ1v) is 22.5. The summed E-state index contributed by atoms with van der Waals surface area (Å²) in [6.45, 7) is 0. The maximum Gasteiger partial charge on any atom is 0.145 e. The van der Waals surface area contributed by atoms with Gasteiger partial charge >= 0.3 is 0 Å². The van der Waals surface area contributed by atoms with Crippen LogP contribution in [0.15, 0.2) is 266 Å². The molecule has 0 aliphatic carbocycles. The van der Waals surface area contributed by atoms with Crippen LogP contribution in [-0.2, 0) is 0 Å². The summed E-state index contributed by atoms with van der Waals surface area (Å²) in [7, 11) is 0. The van der Waals surface area contributed by atoms with E-state index in [1.54, 1.807) is 0 Å². The van der Waals surface area contributed by atoms with Gasteiger partial charge in [0, 0.05) is 39.1 Å². The fourth-order valence-electron chi connectivity index (χ4n) is 9.12. The Morgan fingerprint density at radius 1 is 0.288 bits per heavy atom. The highest BCUT2D eigenvalue weighted by Gasteiger charge is 2.26. The normalized spacial score (nSPS) is 13.3. The summed E-state index contributed by atoms with van der Waals surface area (Å²) in [6, 6.07) is 90.3. The van der Waals surface area contributed by atoms with Crippen molar-refractivity contribution < 1.29 is 0 Å². The molecular formula is C63H45N3. The van der Waals surface area contributed by atoms with Gasteiger partial charge in [0.05, 0.1) is 17.1 Å². The van der Waals surface area contributed by atoms with E-state index in [1.807, 2.05) is 0 Å². The summed E-state index contributed by atoms with van der Waals surface area (Å²) < 4.78 is 0. The standard InChI is InChI=1S/C63H45N3/c1-7-22-44(23-8-1)50-34-19-36-52(40-50)56-43-57(65-63(64-56)55-39-20-35-51(41-55)45-24-9-2-10-25-45)53-37-21-38-54(42-53)58-59(46-26-11-3-12-27-46)61(48-30-15-5-16-31-48)66-62(49-32-17-6-18-33-49)60(58)47-28-13-4-14-29-47/h1-43,63-64H. The van der Waals surface area contributed by atoms with Crippen LogP contribution < -0.4 is 5.32 Å². The van der Waals surface area contributed by atoms with Crippen molar-refractivity contribution in [2.24, 2.45) is 4.99 Å². The van der Waals surface area contributed by atoms with Gasteiger partial charge in [-0.2, -0.15) is 0 Å². The molecule has 1 unspecified atom stereocenters. The topological polar surface area (TPSA) is 37.3 Å². The van der Waals surface area contributed by atoms with Gasteiger partial charge in [-0.1, -0.05) is 237 Å². The molecule has 1 aromatic heterocycles. The maximum atomic E-state index is 5.67. The molecule has 66 heavy (non-hydrogen) atoms. The van der Waals surface area contributed by atoms with Crippen LogP contribution >= 0.6 is 0 Å². The fraction of sp³-hybridized carbons (Fsp3) is 0.0159. The first-order valence-electron chi connectivity index (χ1n) is 22.5. The second kappa shape index (κ2) is 18.2. The summed E-state index contributed by atoms with van der Waals surface area (Å²) in [5.74, 6) is 0. The van der Waals surface area contributed by atoms with Crippen LogP contribution in [0.5, 0.6) is 0 Å². The molecular weight excluding hydrogens is 799 g/mol. The van der Waals surface area contributed by atoms with Gasteiger partial charge in [0.1, 0.15) is 6.17 Å². The van der Waals surface area contributed by atoms with E-state index >= 15 is 0 Å². The predicted octanol–water partition coefficient (Wildman–Crippen LogP) is 15.9. The molecule has 0 radical (unpaired) electrons. The molecule has 9 aromatic carbocycles. The highest BCUT2D eigenvalue weighted by atomic mass is 15.1. The van der Waals surface area contributed by atoms with E-state index in [1.165, 1.54) is 11.1 Å². The Labute approximate surface area is 386 Å². The summed E-state index contributed by atoms with van der Waals surface area (Å²) in [5.41, 5.74) is 20.3. The van der Waals surface area contributed by atoms with Gasteiger partial charge in [-0.05, 0) is 74.3 Å². The van der Waals surface area contributed by atoms with E-state index in [-0.39, 0.29) is 6.17 Å². The van der Waals surface area contributed by atoms with E-state index in [9.17, 15) is 0 Å². The van der Waals surface area contributed by atoms with Crippen molar-refractivity contribution >= 4 is 11.4 Å². The summed E-state index contributed by atoms with van der Waals surface area (Å²) in [6.07, 6.45) is 1.87. The number of aromatic nitrogens is 1. The van der Waals surface area contributed by atoms with Crippen LogP contribution in [0, 0.1) is 0 Å². The molecule has 1 aliphatic rings. The van der Waals surface area contributed by atoms with Crippen molar-refractivity contribution in [3.63, 3.8) is 0 Å². The fourth-order valence-corrected chi connectivity index (χ4v) is 9.12. The summed E-state index contributed by atoms with van der Waals surface area (Å²) in [4.78, 5) is 11.2. The Bertz CT molecular complexity index is 3240. The average Bonchev–Trinajstić information content (AvgIpc) is 3.41. The molecule has 1 atom stereocenters. The molecule has 3 heteroatoms. The van der Waals surface area contributed by atoms with Crippen molar-refractivity contribution in [3.05, 3.63) is 278 Å². The van der Waals surface area contributed by atoms with E-state index in [2.05, 4.69) is 266 Å². The number of benzene rings is 9. The Hall–Kier alpha value is -8.66. The van der Waals surface area contributed by atoms with E-state index < -0.39 is 0 Å². The molecule has 0 spiro atoms. The zero-order valence-electron chi connectivity index (χ0n) is 36.3. The molecule has 2 heterocycles. The maximum absolute atomic E-state index is 5.67. The third-order valence-corrected chi connectivity index (χ3v) is 12.3. The molecule has 0 amide bonds. The van der Waals surface area contributed by atoms with Gasteiger partial charge < -0.3 is 5.32 Å². The van der Waals surface area contributed by atoms with E-state index in [0.29, 0.717) is 0 Å². The Kier molecular flexibility index (Phi) is 11.1. The first-order chi connectivity index (χ1) is 32.7. The SMILES string of the molecule is C1=C(c2cccc(-c3ccccc3)c2)NC(c2cccc(-c3ccccc3)c2)N=C1c1cccc(-c2c(-c3ccccc3)c(-c3ccccc3)nc(-c3ccccc3)c2-c2ccccc2)c1. The minimum atomic E-state index is -0.345. The van der Waals surface area contributed by atoms with Gasteiger partial charge in [0.25, 0.3) is 0 Å². The number of hydrogen-bond donors (Lipinski definition) is 1. The second-order valence-electron chi connectivity index (χ2n) is 16.5. The molecule has 0 bridgehead atoms. The number of nitrogens with one attached hydrogen (secondary N) is 1. The van der Waals surface area contributed by atoms with E-state index in [0.717, 1.165) is 95.1 Å². The second-order valence-corrected chi connectivity index (χ2v) is 16.5. The highest BCUT2D eigenvalue weighted by molar-refractivity contribution is 6.14. The third-order valence-electron chi connectivity index (χ3n) is 12.3. The zero-order valence-corrected chi connectivity index (χ0v) is 36.3. The van der Waals surface area contributed by atoms with Crippen LogP contribution in [0.2, 0.25) is 0 Å². The predicted molar refractivity (Wildman–Crippen MR) is 276 cm³/mol. The molecule has 0 fully saturated rings. The van der Waals surface area contributed by atoms with Crippen molar-refractivity contribution in [2.75, 3.05) is 0 Å². The first kappa shape index (κ1) is 40.1. The smallest absolute Gasteiger partial charge is 0.145 e. The lowest BCUT2D eigenvalue weighted by molar-refractivity contribution is 0.664. The van der Waals surface area contributed by atoms with Gasteiger partial charge in [-0.3, -0.25) is 4.99 Å². The Morgan fingerprint density at radius 2 is 0.667 bits per heavy atom. The third kappa shape index (κ3) is 8.18. The number of hydrogen-bond acceptors (Lipinski definition) is 3. The van der Waals surface area contributed by atoms with Gasteiger partial charge in [0.2, 0.25) is 0 Å². The minimum absolute atomic E-state index is 0.345. The van der Waals surface area contributed by atoms with Crippen molar-refractivity contribution in [2.45, 2.75) is 6.17 Å². The van der Waals surface area contributed by atoms with Crippen LogP contribution in [0.3, 0.4) is 0 Å². The molecule has 0 saturated heterocycles. The lowest BCUT2D eigenvalue weighted by Crippen LogP contribution is -2.25. The quantitative estimate of drug-likeness (QED) is 0.149. The average molecular weight is 844 g/mol. The zero-order chi connectivity index (χ0) is 44.1. The minimum Gasteiger partial charge on any atom is -0.360 e. The number of aliphatic imine (C=N–C) groups is 1. The van der Waals surface area contributed by atoms with Gasteiger partial charge in [-0.25, -0.2) is 4.98 Å². The number of rotatable bonds is 10. The molecule has 10 aromatic rings. The molecule has 11 rings (SSSR count). The van der Waals surface area contributed by atoms with Crippen molar-refractivity contribution in [1.29, 1.82) is 0 Å². The Morgan fingerprint density at radius 3 is 1.18 bits per heavy atom. The Balaban J connectivity index is 1.15. The molecule has 1 N–H and O–H groups in total. The molecule has 0 saturated carbocycles. The molecule has 312 valence electrons. The monoisotopic (exact) mass is 843 g/mol. The molecule has 1 aliphatic heterocycles. The lowest BCUT2D eigenvalue weighted by atomic mass is 9.83. The van der Waals surface area contributed by atoms with Crippen LogP contribution in [0.1, 0.15) is 22.9 Å². The summed E-state index contributed by atoms with van der Waals surface area (Å²) in [5, 5.41) is 3.87. The molecule has 3 nitrogen and oxygen atoms in total. The lowest BCUT2D eigenvalue weighted by Gasteiger charge is -2.26. The largest absolute Gasteiger partial charge is 0.360 e. The summed E-state index contributed by atoms with van der Waals surface area (Å²) >= 11 is 0. The number of nitrogens with zero attached hydrogens (tertiary/aromatic N) is 2. The highest BCUT2D eigenvalue weighted by Crippen LogP contribution is 2.49. The van der Waals surface area contributed by atoms with Crippen molar-refractivity contribution in [1.82, 2.24) is 10.3 Å². The van der Waals surface area contributed by atoms with Crippen LogP contribution in [0.25, 0.3) is 83.8 Å². The van der Waals surface area contributed by atoms with E-state index in [4.69, 9.17) is 9.98 Å². The van der Waals surface area contributed by atoms with Crippen molar-refractivity contribution in [3.8, 4) is 78.1 Å². The number of allylic oxidation sites excluding steroid dienone is 1.